The lowest BCUT2D eigenvalue weighted by Gasteiger charge is -2.21. The van der Waals surface area contributed by atoms with E-state index in [9.17, 15) is 10.1 Å². The molecule has 0 saturated carbocycles. The molecular weight excluding hydrogens is 206 g/mol. The van der Waals surface area contributed by atoms with Crippen molar-refractivity contribution in [1.82, 2.24) is 0 Å². The molecule has 0 fully saturated rings. The largest absolute Gasteiger partial charge is 0.488 e. The highest BCUT2D eigenvalue weighted by Gasteiger charge is 2.17. The summed E-state index contributed by atoms with van der Waals surface area (Å²) in [5, 5.41) is 10.8. The van der Waals surface area contributed by atoms with Crippen molar-refractivity contribution >= 4 is 5.69 Å². The van der Waals surface area contributed by atoms with E-state index < -0.39 is 0 Å². The van der Waals surface area contributed by atoms with E-state index in [-0.39, 0.29) is 16.2 Å². The number of nitro benzene ring substituents is 1. The first-order valence-electron chi connectivity index (χ1n) is 5.30. The molecule has 0 aromatic heterocycles. The number of hydrogen-bond donors (Lipinski definition) is 0. The van der Waals surface area contributed by atoms with Crippen molar-refractivity contribution in [2.45, 2.75) is 39.7 Å². The molecule has 0 spiro atoms. The highest BCUT2D eigenvalue weighted by atomic mass is 16.6. The summed E-state index contributed by atoms with van der Waals surface area (Å²) in [5.41, 5.74) is 0.511. The Hall–Kier alpha value is -1.58. The van der Waals surface area contributed by atoms with Gasteiger partial charge < -0.3 is 4.74 Å². The zero-order valence-electron chi connectivity index (χ0n) is 10.1. The zero-order valence-corrected chi connectivity index (χ0v) is 10.1. The Morgan fingerprint density at radius 2 is 2.00 bits per heavy atom. The third kappa shape index (κ3) is 3.22. The van der Waals surface area contributed by atoms with Gasteiger partial charge in [0, 0.05) is 5.56 Å². The molecule has 0 unspecified atom stereocenters. The minimum Gasteiger partial charge on any atom is -0.488 e. The van der Waals surface area contributed by atoms with Gasteiger partial charge in [-0.25, -0.2) is 0 Å². The molecule has 0 aliphatic rings. The second-order valence-electron chi connectivity index (χ2n) is 4.62. The predicted octanol–water partition coefficient (Wildman–Crippen LogP) is 3.33. The number of rotatable bonds is 3. The molecule has 1 aromatic rings. The van der Waals surface area contributed by atoms with Crippen LogP contribution in [-0.2, 0) is 6.42 Å². The summed E-state index contributed by atoms with van der Waals surface area (Å²) < 4.78 is 5.59. The van der Waals surface area contributed by atoms with Gasteiger partial charge in [0.15, 0.2) is 0 Å². The number of aryl methyl sites for hydroxylation is 1. The summed E-state index contributed by atoms with van der Waals surface area (Å²) in [4.78, 5) is 10.5. The SMILES string of the molecule is CCc1ccc(OC(C)(C)C)cc1[N+](=O)[O-]. The molecule has 0 aliphatic heterocycles. The molecule has 0 atom stereocenters. The molecule has 0 radical (unpaired) electrons. The van der Waals surface area contributed by atoms with Crippen LogP contribution in [0.2, 0.25) is 0 Å². The highest BCUT2D eigenvalue weighted by molar-refractivity contribution is 5.46. The van der Waals surface area contributed by atoms with Crippen molar-refractivity contribution in [1.29, 1.82) is 0 Å². The van der Waals surface area contributed by atoms with Gasteiger partial charge in [0.05, 0.1) is 11.0 Å². The average Bonchev–Trinajstić information content (AvgIpc) is 2.15. The van der Waals surface area contributed by atoms with Gasteiger partial charge in [-0.3, -0.25) is 10.1 Å². The van der Waals surface area contributed by atoms with E-state index >= 15 is 0 Å². The second kappa shape index (κ2) is 4.51. The molecule has 0 N–H and O–H groups in total. The maximum Gasteiger partial charge on any atom is 0.276 e. The fourth-order valence-corrected chi connectivity index (χ4v) is 1.43. The Balaban J connectivity index is 3.07. The van der Waals surface area contributed by atoms with Crippen molar-refractivity contribution in [3.63, 3.8) is 0 Å². The number of nitrogens with zero attached hydrogens (tertiary/aromatic N) is 1. The van der Waals surface area contributed by atoms with E-state index in [1.54, 1.807) is 12.1 Å². The van der Waals surface area contributed by atoms with E-state index in [2.05, 4.69) is 0 Å². The van der Waals surface area contributed by atoms with Gasteiger partial charge in [-0.05, 0) is 39.3 Å². The van der Waals surface area contributed by atoms with Crippen LogP contribution in [0.15, 0.2) is 18.2 Å². The lowest BCUT2D eigenvalue weighted by Crippen LogP contribution is -2.23. The highest BCUT2D eigenvalue weighted by Crippen LogP contribution is 2.27. The third-order valence-corrected chi connectivity index (χ3v) is 2.06. The molecule has 1 aromatic carbocycles. The van der Waals surface area contributed by atoms with Gasteiger partial charge in [0.1, 0.15) is 11.4 Å². The Morgan fingerprint density at radius 3 is 2.44 bits per heavy atom. The normalized spacial score (nSPS) is 11.2. The van der Waals surface area contributed by atoms with Crippen LogP contribution in [0.1, 0.15) is 33.3 Å². The van der Waals surface area contributed by atoms with E-state index in [1.807, 2.05) is 27.7 Å². The molecule has 4 heteroatoms. The number of nitro groups is 1. The van der Waals surface area contributed by atoms with Crippen LogP contribution in [0.25, 0.3) is 0 Å². The number of ether oxygens (including phenoxy) is 1. The van der Waals surface area contributed by atoms with Crippen molar-refractivity contribution in [3.8, 4) is 5.75 Å². The quantitative estimate of drug-likeness (QED) is 0.583. The summed E-state index contributed by atoms with van der Waals surface area (Å²) in [6.45, 7) is 7.62. The van der Waals surface area contributed by atoms with Gasteiger partial charge >= 0.3 is 0 Å². The monoisotopic (exact) mass is 223 g/mol. The van der Waals surface area contributed by atoms with Gasteiger partial charge in [0.25, 0.3) is 5.69 Å². The first-order valence-corrected chi connectivity index (χ1v) is 5.30. The molecule has 0 amide bonds. The van der Waals surface area contributed by atoms with Gasteiger partial charge in [0.2, 0.25) is 0 Å². The molecule has 16 heavy (non-hydrogen) atoms. The van der Waals surface area contributed by atoms with Gasteiger partial charge in [-0.1, -0.05) is 6.92 Å². The van der Waals surface area contributed by atoms with E-state index in [0.29, 0.717) is 12.2 Å². The lowest BCUT2D eigenvalue weighted by molar-refractivity contribution is -0.385. The first kappa shape index (κ1) is 12.5. The summed E-state index contributed by atoms with van der Waals surface area (Å²) in [7, 11) is 0. The van der Waals surface area contributed by atoms with Crippen LogP contribution in [0.4, 0.5) is 5.69 Å². The topological polar surface area (TPSA) is 52.4 Å². The number of hydrogen-bond acceptors (Lipinski definition) is 3. The smallest absolute Gasteiger partial charge is 0.276 e. The molecule has 0 saturated heterocycles. The maximum absolute atomic E-state index is 10.8. The Labute approximate surface area is 95.4 Å². The molecule has 4 nitrogen and oxygen atoms in total. The average molecular weight is 223 g/mol. The van der Waals surface area contributed by atoms with E-state index in [4.69, 9.17) is 4.74 Å². The van der Waals surface area contributed by atoms with Gasteiger partial charge in [-0.15, -0.1) is 0 Å². The summed E-state index contributed by atoms with van der Waals surface area (Å²) in [6, 6.07) is 5.01. The van der Waals surface area contributed by atoms with Crippen LogP contribution in [0.5, 0.6) is 5.75 Å². The summed E-state index contributed by atoms with van der Waals surface area (Å²) in [5.74, 6) is 0.538. The van der Waals surface area contributed by atoms with Crippen LogP contribution >= 0.6 is 0 Å². The molecule has 0 heterocycles. The second-order valence-corrected chi connectivity index (χ2v) is 4.62. The lowest BCUT2D eigenvalue weighted by atomic mass is 10.1. The van der Waals surface area contributed by atoms with Gasteiger partial charge in [-0.2, -0.15) is 0 Å². The Kier molecular flexibility index (Phi) is 3.52. The summed E-state index contributed by atoms with van der Waals surface area (Å²) in [6.07, 6.45) is 0.645. The standard InChI is InChI=1S/C12H17NO3/c1-5-9-6-7-10(16-12(2,3)4)8-11(9)13(14)15/h6-8H,5H2,1-4H3. The fourth-order valence-electron chi connectivity index (χ4n) is 1.43. The molecular formula is C12H17NO3. The minimum atomic E-state index is -0.367. The minimum absolute atomic E-state index is 0.129. The molecule has 88 valence electrons. The van der Waals surface area contributed by atoms with Crippen LogP contribution < -0.4 is 4.74 Å². The number of benzene rings is 1. The zero-order chi connectivity index (χ0) is 12.3. The predicted molar refractivity (Wildman–Crippen MR) is 62.9 cm³/mol. The van der Waals surface area contributed by atoms with Crippen molar-refractivity contribution in [2.24, 2.45) is 0 Å². The van der Waals surface area contributed by atoms with Crippen LogP contribution in [0.3, 0.4) is 0 Å². The van der Waals surface area contributed by atoms with E-state index in [0.717, 1.165) is 5.56 Å². The van der Waals surface area contributed by atoms with Crippen LogP contribution in [0, 0.1) is 10.1 Å². The molecule has 0 aliphatic carbocycles. The first-order chi connectivity index (χ1) is 7.33. The Morgan fingerprint density at radius 1 is 1.38 bits per heavy atom. The van der Waals surface area contributed by atoms with Crippen LogP contribution in [-0.4, -0.2) is 10.5 Å². The third-order valence-electron chi connectivity index (χ3n) is 2.06. The molecule has 0 bridgehead atoms. The van der Waals surface area contributed by atoms with Crippen molar-refractivity contribution in [2.75, 3.05) is 0 Å². The van der Waals surface area contributed by atoms with E-state index in [1.165, 1.54) is 6.07 Å². The maximum atomic E-state index is 10.8. The molecule has 1 rings (SSSR count). The fraction of sp³-hybridized carbons (Fsp3) is 0.500. The van der Waals surface area contributed by atoms with Crippen molar-refractivity contribution in [3.05, 3.63) is 33.9 Å². The Bertz CT molecular complexity index is 394. The van der Waals surface area contributed by atoms with Crippen molar-refractivity contribution < 1.29 is 9.66 Å². The summed E-state index contributed by atoms with van der Waals surface area (Å²) >= 11 is 0.